The van der Waals surface area contributed by atoms with E-state index in [0.717, 1.165) is 25.6 Å². The van der Waals surface area contributed by atoms with Crippen molar-refractivity contribution in [3.05, 3.63) is 0 Å². The van der Waals surface area contributed by atoms with Crippen LogP contribution in [0.1, 0.15) is 45.4 Å². The molecule has 0 saturated carbocycles. The number of carbonyl (C=O) groups is 1. The van der Waals surface area contributed by atoms with Crippen LogP contribution in [0, 0.1) is 0 Å². The molecule has 18 heavy (non-hydrogen) atoms. The summed E-state index contributed by atoms with van der Waals surface area (Å²) >= 11 is 0. The van der Waals surface area contributed by atoms with Crippen LogP contribution in [0.4, 0.5) is 0 Å². The van der Waals surface area contributed by atoms with Gasteiger partial charge in [0, 0.05) is 19.1 Å². The smallest absolute Gasteiger partial charge is 0.234 e. The van der Waals surface area contributed by atoms with E-state index in [9.17, 15) is 4.79 Å². The standard InChI is InChI=1S/C14H27N3O/c1-2-13(14(15)18)17-10-6-12(7-11-17)16-8-4-3-5-9-16/h12-13H,2-11H2,1H3,(H2,15,18)/t13-/m1/s1. The molecule has 4 nitrogen and oxygen atoms in total. The van der Waals surface area contributed by atoms with Crippen molar-refractivity contribution in [2.24, 2.45) is 5.73 Å². The summed E-state index contributed by atoms with van der Waals surface area (Å²) in [5.74, 6) is -0.158. The Labute approximate surface area is 110 Å². The largest absolute Gasteiger partial charge is 0.368 e. The quantitative estimate of drug-likeness (QED) is 0.819. The average Bonchev–Trinajstić information content (AvgIpc) is 2.41. The molecule has 1 amide bonds. The summed E-state index contributed by atoms with van der Waals surface area (Å²) in [5.41, 5.74) is 5.46. The van der Waals surface area contributed by atoms with E-state index in [2.05, 4.69) is 9.80 Å². The van der Waals surface area contributed by atoms with Crippen molar-refractivity contribution in [3.63, 3.8) is 0 Å². The van der Waals surface area contributed by atoms with Gasteiger partial charge < -0.3 is 10.6 Å². The third-order valence-electron chi connectivity index (χ3n) is 4.56. The molecule has 0 aromatic heterocycles. The SMILES string of the molecule is CC[C@H](C(N)=O)N1CCC(N2CCCCC2)CC1. The second kappa shape index (κ2) is 6.53. The average molecular weight is 253 g/mol. The number of primary amides is 1. The lowest BCUT2D eigenvalue weighted by molar-refractivity contribution is -0.124. The zero-order chi connectivity index (χ0) is 13.0. The van der Waals surface area contributed by atoms with Gasteiger partial charge in [-0.1, -0.05) is 13.3 Å². The minimum absolute atomic E-state index is 0.0488. The maximum atomic E-state index is 11.4. The molecule has 2 fully saturated rings. The van der Waals surface area contributed by atoms with Gasteiger partial charge >= 0.3 is 0 Å². The maximum absolute atomic E-state index is 11.4. The Bertz CT molecular complexity index is 268. The molecule has 2 heterocycles. The number of hydrogen-bond donors (Lipinski definition) is 1. The van der Waals surface area contributed by atoms with E-state index >= 15 is 0 Å². The van der Waals surface area contributed by atoms with Crippen molar-refractivity contribution < 1.29 is 4.79 Å². The molecule has 2 saturated heterocycles. The molecular formula is C14H27N3O. The van der Waals surface area contributed by atoms with Crippen LogP contribution in [0.2, 0.25) is 0 Å². The number of amides is 1. The summed E-state index contributed by atoms with van der Waals surface area (Å²) in [7, 11) is 0. The molecule has 0 bridgehead atoms. The molecule has 2 aliphatic rings. The Morgan fingerprint density at radius 2 is 1.78 bits per heavy atom. The molecule has 1 atom stereocenters. The van der Waals surface area contributed by atoms with E-state index < -0.39 is 0 Å². The van der Waals surface area contributed by atoms with E-state index in [1.54, 1.807) is 0 Å². The van der Waals surface area contributed by atoms with Crippen LogP contribution in [-0.2, 0) is 4.79 Å². The predicted molar refractivity (Wildman–Crippen MR) is 73.3 cm³/mol. The number of hydrogen-bond acceptors (Lipinski definition) is 3. The van der Waals surface area contributed by atoms with Crippen LogP contribution in [0.3, 0.4) is 0 Å². The molecule has 2 N–H and O–H groups in total. The number of piperidine rings is 2. The van der Waals surface area contributed by atoms with Crippen LogP contribution < -0.4 is 5.73 Å². The Morgan fingerprint density at radius 1 is 1.17 bits per heavy atom. The molecule has 104 valence electrons. The predicted octanol–water partition coefficient (Wildman–Crippen LogP) is 1.20. The van der Waals surface area contributed by atoms with Gasteiger partial charge in [-0.25, -0.2) is 0 Å². The highest BCUT2D eigenvalue weighted by atomic mass is 16.1. The van der Waals surface area contributed by atoms with Crippen molar-refractivity contribution in [2.45, 2.75) is 57.5 Å². The summed E-state index contributed by atoms with van der Waals surface area (Å²) < 4.78 is 0. The molecule has 0 unspecified atom stereocenters. The minimum Gasteiger partial charge on any atom is -0.368 e. The second-order valence-electron chi connectivity index (χ2n) is 5.69. The zero-order valence-electron chi connectivity index (χ0n) is 11.6. The summed E-state index contributed by atoms with van der Waals surface area (Å²) in [6.07, 6.45) is 7.35. The van der Waals surface area contributed by atoms with Crippen LogP contribution in [0.15, 0.2) is 0 Å². The lowest BCUT2D eigenvalue weighted by atomic mass is 9.98. The van der Waals surface area contributed by atoms with E-state index in [1.165, 1.54) is 45.2 Å². The molecular weight excluding hydrogens is 226 g/mol. The number of likely N-dealkylation sites (tertiary alicyclic amines) is 2. The number of nitrogens with zero attached hydrogens (tertiary/aromatic N) is 2. The Balaban J connectivity index is 1.81. The van der Waals surface area contributed by atoms with Crippen LogP contribution in [0.5, 0.6) is 0 Å². The van der Waals surface area contributed by atoms with Gasteiger partial charge in [0.1, 0.15) is 0 Å². The van der Waals surface area contributed by atoms with E-state index in [1.807, 2.05) is 6.92 Å². The summed E-state index contributed by atoms with van der Waals surface area (Å²) in [4.78, 5) is 16.3. The third-order valence-corrected chi connectivity index (χ3v) is 4.56. The summed E-state index contributed by atoms with van der Waals surface area (Å²) in [6, 6.07) is 0.694. The molecule has 2 aliphatic heterocycles. The van der Waals surface area contributed by atoms with Crippen molar-refractivity contribution in [1.82, 2.24) is 9.80 Å². The number of carbonyl (C=O) groups excluding carboxylic acids is 1. The van der Waals surface area contributed by atoms with Crippen molar-refractivity contribution in [1.29, 1.82) is 0 Å². The lowest BCUT2D eigenvalue weighted by Crippen LogP contribution is -2.52. The van der Waals surface area contributed by atoms with E-state index in [4.69, 9.17) is 5.73 Å². The molecule has 0 aromatic carbocycles. The normalized spacial score (nSPS) is 26.1. The first kappa shape index (κ1) is 13.8. The molecule has 0 spiro atoms. The Kier molecular flexibility index (Phi) is 5.01. The first-order chi connectivity index (χ1) is 8.72. The van der Waals surface area contributed by atoms with Crippen molar-refractivity contribution >= 4 is 5.91 Å². The van der Waals surface area contributed by atoms with E-state index in [0.29, 0.717) is 0 Å². The zero-order valence-corrected chi connectivity index (χ0v) is 11.6. The fourth-order valence-electron chi connectivity index (χ4n) is 3.49. The summed E-state index contributed by atoms with van der Waals surface area (Å²) in [6.45, 7) is 6.66. The first-order valence-electron chi connectivity index (χ1n) is 7.49. The highest BCUT2D eigenvalue weighted by molar-refractivity contribution is 5.79. The Morgan fingerprint density at radius 3 is 2.28 bits per heavy atom. The topological polar surface area (TPSA) is 49.6 Å². The van der Waals surface area contributed by atoms with Crippen LogP contribution in [-0.4, -0.2) is 54.0 Å². The highest BCUT2D eigenvalue weighted by Crippen LogP contribution is 2.22. The van der Waals surface area contributed by atoms with Crippen molar-refractivity contribution in [3.8, 4) is 0 Å². The fraction of sp³-hybridized carbons (Fsp3) is 0.929. The van der Waals surface area contributed by atoms with Gasteiger partial charge in [0.2, 0.25) is 5.91 Å². The number of nitrogens with two attached hydrogens (primary N) is 1. The molecule has 0 aliphatic carbocycles. The van der Waals surface area contributed by atoms with Gasteiger partial charge in [0.25, 0.3) is 0 Å². The van der Waals surface area contributed by atoms with E-state index in [-0.39, 0.29) is 11.9 Å². The molecule has 0 radical (unpaired) electrons. The highest BCUT2D eigenvalue weighted by Gasteiger charge is 2.30. The first-order valence-corrected chi connectivity index (χ1v) is 7.49. The number of rotatable bonds is 4. The van der Waals surface area contributed by atoms with Gasteiger partial charge in [-0.05, 0) is 45.2 Å². The monoisotopic (exact) mass is 253 g/mol. The second-order valence-corrected chi connectivity index (χ2v) is 5.69. The lowest BCUT2D eigenvalue weighted by Gasteiger charge is -2.41. The molecule has 4 heteroatoms. The van der Waals surface area contributed by atoms with Crippen LogP contribution >= 0.6 is 0 Å². The van der Waals surface area contributed by atoms with Crippen LogP contribution in [0.25, 0.3) is 0 Å². The van der Waals surface area contributed by atoms with Gasteiger partial charge in [-0.15, -0.1) is 0 Å². The molecule has 2 rings (SSSR count). The van der Waals surface area contributed by atoms with Gasteiger partial charge in [0.05, 0.1) is 6.04 Å². The van der Waals surface area contributed by atoms with Gasteiger partial charge in [0.15, 0.2) is 0 Å². The molecule has 0 aromatic rings. The van der Waals surface area contributed by atoms with Gasteiger partial charge in [-0.3, -0.25) is 9.69 Å². The summed E-state index contributed by atoms with van der Waals surface area (Å²) in [5, 5.41) is 0. The maximum Gasteiger partial charge on any atom is 0.234 e. The minimum atomic E-state index is -0.158. The third kappa shape index (κ3) is 3.23. The fourth-order valence-corrected chi connectivity index (χ4v) is 3.49. The Hall–Kier alpha value is -0.610. The van der Waals surface area contributed by atoms with Crippen molar-refractivity contribution in [2.75, 3.05) is 26.2 Å². The van der Waals surface area contributed by atoms with Gasteiger partial charge in [-0.2, -0.15) is 0 Å².